The van der Waals surface area contributed by atoms with Crippen LogP contribution in [0.15, 0.2) is 89.7 Å². The van der Waals surface area contributed by atoms with Gasteiger partial charge in [-0.3, -0.25) is 0 Å². The zero-order valence-electron chi connectivity index (χ0n) is 15.5. The second kappa shape index (κ2) is 8.67. The molecule has 0 aliphatic rings. The maximum atomic E-state index is 12.6. The molecule has 0 saturated carbocycles. The largest absolute Gasteiger partial charge is 0.447 e. The number of hydrogen-bond acceptors (Lipinski definition) is 3. The molecule has 146 valence electrons. The van der Waals surface area contributed by atoms with Gasteiger partial charge in [0.1, 0.15) is 0 Å². The number of benzene rings is 2. The molecular formula is C22H19ClN4O2. The van der Waals surface area contributed by atoms with Crippen molar-refractivity contribution in [3.05, 3.63) is 102 Å². The Bertz CT molecular complexity index is 1080. The van der Waals surface area contributed by atoms with Gasteiger partial charge in [-0.15, -0.1) is 0 Å². The van der Waals surface area contributed by atoms with Gasteiger partial charge in [0.2, 0.25) is 5.88 Å². The van der Waals surface area contributed by atoms with Crippen molar-refractivity contribution in [1.82, 2.24) is 15.1 Å². The van der Waals surface area contributed by atoms with Crippen LogP contribution in [0.5, 0.6) is 0 Å². The Morgan fingerprint density at radius 3 is 2.69 bits per heavy atom. The molecule has 0 aliphatic heterocycles. The lowest BCUT2D eigenvalue weighted by atomic mass is 10.0. The number of amides is 2. The number of rotatable bonds is 6. The van der Waals surface area contributed by atoms with Crippen LogP contribution in [0.3, 0.4) is 0 Å². The van der Waals surface area contributed by atoms with E-state index >= 15 is 0 Å². The Hall–Kier alpha value is -3.51. The molecule has 1 unspecified atom stereocenters. The van der Waals surface area contributed by atoms with Gasteiger partial charge in [-0.1, -0.05) is 48.0 Å². The van der Waals surface area contributed by atoms with Crippen LogP contribution in [-0.4, -0.2) is 15.8 Å². The molecule has 2 N–H and O–H groups in total. The van der Waals surface area contributed by atoms with Crippen molar-refractivity contribution < 1.29 is 9.21 Å². The van der Waals surface area contributed by atoms with Crippen molar-refractivity contribution in [3.8, 4) is 5.88 Å². The second-order valence-electron chi connectivity index (χ2n) is 6.48. The van der Waals surface area contributed by atoms with Crippen LogP contribution in [0, 0.1) is 0 Å². The summed E-state index contributed by atoms with van der Waals surface area (Å²) in [6.45, 7) is 0. The third-order valence-corrected chi connectivity index (χ3v) is 4.61. The lowest BCUT2D eigenvalue weighted by Gasteiger charge is -2.19. The summed E-state index contributed by atoms with van der Waals surface area (Å²) in [5, 5.41) is 11.0. The molecule has 2 aromatic heterocycles. The standard InChI is InChI=1S/C22H19ClN4O2/c23-17-8-4-9-18(14-17)24-22(28)25-20(16-6-2-1-3-7-16)15-19-11-12-27(26-19)21-10-5-13-29-21/h1-14,20H,15H2,(H2,24,25,28). The molecule has 0 spiro atoms. The number of carbonyl (C=O) groups excluding carboxylic acids is 1. The number of carbonyl (C=O) groups is 1. The van der Waals surface area contributed by atoms with Crippen LogP contribution in [0.1, 0.15) is 17.3 Å². The molecule has 29 heavy (non-hydrogen) atoms. The van der Waals surface area contributed by atoms with Crippen molar-refractivity contribution in [2.75, 3.05) is 5.32 Å². The summed E-state index contributed by atoms with van der Waals surface area (Å²) in [6, 6.07) is 21.8. The smallest absolute Gasteiger partial charge is 0.319 e. The number of nitrogens with zero attached hydrogens (tertiary/aromatic N) is 2. The fourth-order valence-electron chi connectivity index (χ4n) is 3.03. The number of urea groups is 1. The monoisotopic (exact) mass is 406 g/mol. The molecule has 4 aromatic rings. The number of halogens is 1. The van der Waals surface area contributed by atoms with E-state index in [9.17, 15) is 4.79 Å². The maximum absolute atomic E-state index is 12.6. The van der Waals surface area contributed by atoms with E-state index in [4.69, 9.17) is 16.0 Å². The predicted molar refractivity (Wildman–Crippen MR) is 112 cm³/mol. The average Bonchev–Trinajstić information content (AvgIpc) is 3.40. The van der Waals surface area contributed by atoms with E-state index in [2.05, 4.69) is 15.7 Å². The van der Waals surface area contributed by atoms with Gasteiger partial charge in [-0.25, -0.2) is 9.48 Å². The molecule has 7 heteroatoms. The fourth-order valence-corrected chi connectivity index (χ4v) is 3.22. The first-order valence-electron chi connectivity index (χ1n) is 9.14. The van der Waals surface area contributed by atoms with Crippen molar-refractivity contribution in [3.63, 3.8) is 0 Å². The highest BCUT2D eigenvalue weighted by Gasteiger charge is 2.17. The van der Waals surface area contributed by atoms with Gasteiger partial charge in [0, 0.05) is 29.4 Å². The fraction of sp³-hybridized carbons (Fsp3) is 0.0909. The van der Waals surface area contributed by atoms with Gasteiger partial charge in [0.15, 0.2) is 0 Å². The lowest BCUT2D eigenvalue weighted by Crippen LogP contribution is -2.33. The summed E-state index contributed by atoms with van der Waals surface area (Å²) < 4.78 is 7.04. The van der Waals surface area contributed by atoms with Gasteiger partial charge in [-0.2, -0.15) is 5.10 Å². The maximum Gasteiger partial charge on any atom is 0.319 e. The molecule has 0 bridgehead atoms. The normalized spacial score (nSPS) is 11.8. The molecule has 6 nitrogen and oxygen atoms in total. The minimum Gasteiger partial charge on any atom is -0.447 e. The van der Waals surface area contributed by atoms with Crippen molar-refractivity contribution in [2.24, 2.45) is 0 Å². The Balaban J connectivity index is 1.50. The van der Waals surface area contributed by atoms with Crippen LogP contribution >= 0.6 is 11.6 Å². The summed E-state index contributed by atoms with van der Waals surface area (Å²) in [5.74, 6) is 0.638. The zero-order valence-corrected chi connectivity index (χ0v) is 16.2. The van der Waals surface area contributed by atoms with Crippen molar-refractivity contribution in [2.45, 2.75) is 12.5 Å². The molecule has 0 aliphatic carbocycles. The number of anilines is 1. The van der Waals surface area contributed by atoms with Crippen LogP contribution in [0.4, 0.5) is 10.5 Å². The van der Waals surface area contributed by atoms with Crippen LogP contribution in [-0.2, 0) is 6.42 Å². The third kappa shape index (κ3) is 4.86. The molecule has 0 fully saturated rings. The summed E-state index contributed by atoms with van der Waals surface area (Å²) in [5.41, 5.74) is 2.45. The molecule has 2 heterocycles. The summed E-state index contributed by atoms with van der Waals surface area (Å²) in [7, 11) is 0. The number of furan rings is 1. The molecule has 1 atom stereocenters. The molecule has 2 aromatic carbocycles. The van der Waals surface area contributed by atoms with Crippen LogP contribution in [0.25, 0.3) is 5.88 Å². The van der Waals surface area contributed by atoms with E-state index in [1.165, 1.54) is 0 Å². The molecule has 0 radical (unpaired) electrons. The predicted octanol–water partition coefficient (Wildman–Crippen LogP) is 5.22. The van der Waals surface area contributed by atoms with Gasteiger partial charge in [-0.05, 0) is 35.9 Å². The van der Waals surface area contributed by atoms with Gasteiger partial charge < -0.3 is 15.1 Å². The molecule has 4 rings (SSSR count). The van der Waals surface area contributed by atoms with Crippen molar-refractivity contribution in [1.29, 1.82) is 0 Å². The summed E-state index contributed by atoms with van der Waals surface area (Å²) >= 11 is 5.99. The minimum atomic E-state index is -0.313. The van der Waals surface area contributed by atoms with E-state index in [1.54, 1.807) is 35.2 Å². The SMILES string of the molecule is O=C(Nc1cccc(Cl)c1)NC(Cc1ccn(-c2ccco2)n1)c1ccccc1. The average molecular weight is 407 g/mol. The molecule has 0 saturated heterocycles. The van der Waals surface area contributed by atoms with Gasteiger partial charge in [0.05, 0.1) is 18.0 Å². The van der Waals surface area contributed by atoms with E-state index in [1.807, 2.05) is 54.7 Å². The first-order valence-corrected chi connectivity index (χ1v) is 9.51. The summed E-state index contributed by atoms with van der Waals surface area (Å²) in [6.07, 6.45) is 3.97. The van der Waals surface area contributed by atoms with E-state index in [-0.39, 0.29) is 12.1 Å². The summed E-state index contributed by atoms with van der Waals surface area (Å²) in [4.78, 5) is 12.6. The Morgan fingerprint density at radius 1 is 1.07 bits per heavy atom. The lowest BCUT2D eigenvalue weighted by molar-refractivity contribution is 0.248. The highest BCUT2D eigenvalue weighted by Crippen LogP contribution is 2.20. The number of aromatic nitrogens is 2. The highest BCUT2D eigenvalue weighted by molar-refractivity contribution is 6.30. The zero-order chi connectivity index (χ0) is 20.1. The first-order chi connectivity index (χ1) is 14.2. The van der Waals surface area contributed by atoms with Gasteiger partial charge >= 0.3 is 6.03 Å². The second-order valence-corrected chi connectivity index (χ2v) is 6.92. The third-order valence-electron chi connectivity index (χ3n) is 4.38. The minimum absolute atomic E-state index is 0.254. The van der Waals surface area contributed by atoms with Crippen LogP contribution in [0.2, 0.25) is 5.02 Å². The Morgan fingerprint density at radius 2 is 1.93 bits per heavy atom. The number of hydrogen-bond donors (Lipinski definition) is 2. The van der Waals surface area contributed by atoms with E-state index in [0.717, 1.165) is 11.3 Å². The Kier molecular flexibility index (Phi) is 5.63. The molecule has 2 amide bonds. The molecular weight excluding hydrogens is 388 g/mol. The van der Waals surface area contributed by atoms with Gasteiger partial charge in [0.25, 0.3) is 0 Å². The van der Waals surface area contributed by atoms with Crippen LogP contribution < -0.4 is 10.6 Å². The van der Waals surface area contributed by atoms with E-state index < -0.39 is 0 Å². The van der Waals surface area contributed by atoms with E-state index in [0.29, 0.717) is 23.0 Å². The first kappa shape index (κ1) is 18.8. The topological polar surface area (TPSA) is 72.1 Å². The Labute approximate surface area is 173 Å². The van der Waals surface area contributed by atoms with Crippen molar-refractivity contribution >= 4 is 23.3 Å². The number of nitrogens with one attached hydrogen (secondary N) is 2. The highest BCUT2D eigenvalue weighted by atomic mass is 35.5. The quantitative estimate of drug-likeness (QED) is 0.461.